The molecule has 0 atom stereocenters. The lowest BCUT2D eigenvalue weighted by Crippen LogP contribution is -2.31. The molecule has 3 nitrogen and oxygen atoms in total. The van der Waals surface area contributed by atoms with Crippen molar-refractivity contribution in [3.05, 3.63) is 24.0 Å². The Morgan fingerprint density at radius 1 is 1.47 bits per heavy atom. The second-order valence-corrected chi connectivity index (χ2v) is 4.14. The lowest BCUT2D eigenvalue weighted by Gasteiger charge is -2.25. The van der Waals surface area contributed by atoms with E-state index in [9.17, 15) is 0 Å². The summed E-state index contributed by atoms with van der Waals surface area (Å²) in [6, 6.07) is 4.32. The summed E-state index contributed by atoms with van der Waals surface area (Å²) in [5, 5.41) is 0. The van der Waals surface area contributed by atoms with Crippen LogP contribution in [-0.2, 0) is 6.54 Å². The fraction of sp³-hybridized carbons (Fsp3) is 0.583. The highest BCUT2D eigenvalue weighted by atomic mass is 15.1. The summed E-state index contributed by atoms with van der Waals surface area (Å²) >= 11 is 0. The van der Waals surface area contributed by atoms with Gasteiger partial charge in [-0.2, -0.15) is 0 Å². The van der Waals surface area contributed by atoms with Crippen LogP contribution in [0.5, 0.6) is 0 Å². The van der Waals surface area contributed by atoms with E-state index in [1.54, 1.807) is 6.20 Å². The Labute approximate surface area is 92.3 Å². The first-order valence-corrected chi connectivity index (χ1v) is 5.58. The van der Waals surface area contributed by atoms with E-state index in [4.69, 9.17) is 5.73 Å². The highest BCUT2D eigenvalue weighted by molar-refractivity contribution is 5.37. The van der Waals surface area contributed by atoms with E-state index in [-0.39, 0.29) is 0 Å². The van der Waals surface area contributed by atoms with Gasteiger partial charge in [0.15, 0.2) is 0 Å². The largest absolute Gasteiger partial charge is 0.399 e. The monoisotopic (exact) mass is 207 g/mol. The number of pyridine rings is 1. The molecule has 0 aliphatic heterocycles. The number of hydrogen-bond acceptors (Lipinski definition) is 3. The zero-order valence-electron chi connectivity index (χ0n) is 9.90. The summed E-state index contributed by atoms with van der Waals surface area (Å²) in [7, 11) is 0. The molecule has 0 bridgehead atoms. The van der Waals surface area contributed by atoms with Crippen LogP contribution in [0.25, 0.3) is 0 Å². The summed E-state index contributed by atoms with van der Waals surface area (Å²) in [6.07, 6.45) is 2.94. The molecule has 0 spiro atoms. The number of nitrogen functional groups attached to an aromatic ring is 1. The van der Waals surface area contributed by atoms with Crippen molar-refractivity contribution >= 4 is 5.69 Å². The fourth-order valence-corrected chi connectivity index (χ4v) is 1.60. The number of nitrogens with zero attached hydrogens (tertiary/aromatic N) is 2. The zero-order valence-corrected chi connectivity index (χ0v) is 9.90. The van der Waals surface area contributed by atoms with Gasteiger partial charge in [-0.3, -0.25) is 9.88 Å². The molecule has 0 aliphatic rings. The predicted molar refractivity (Wildman–Crippen MR) is 64.5 cm³/mol. The number of hydrogen-bond donors (Lipinski definition) is 1. The van der Waals surface area contributed by atoms with Crippen molar-refractivity contribution in [2.75, 3.05) is 12.3 Å². The quantitative estimate of drug-likeness (QED) is 0.805. The second-order valence-electron chi connectivity index (χ2n) is 4.14. The first-order chi connectivity index (χ1) is 7.13. The van der Waals surface area contributed by atoms with Crippen LogP contribution in [0.15, 0.2) is 18.3 Å². The molecule has 1 aromatic rings. The topological polar surface area (TPSA) is 42.1 Å². The van der Waals surface area contributed by atoms with Gasteiger partial charge >= 0.3 is 0 Å². The van der Waals surface area contributed by atoms with E-state index < -0.39 is 0 Å². The molecule has 1 heterocycles. The van der Waals surface area contributed by atoms with Crippen LogP contribution in [0.1, 0.15) is 32.9 Å². The third-order valence-corrected chi connectivity index (χ3v) is 2.45. The fourth-order valence-electron chi connectivity index (χ4n) is 1.60. The van der Waals surface area contributed by atoms with E-state index in [0.717, 1.165) is 24.5 Å². The first kappa shape index (κ1) is 12.0. The molecule has 0 radical (unpaired) electrons. The third kappa shape index (κ3) is 3.88. The summed E-state index contributed by atoms with van der Waals surface area (Å²) in [5.74, 6) is 0. The number of rotatable bonds is 5. The molecule has 1 rings (SSSR count). The maximum Gasteiger partial charge on any atom is 0.0564 e. The molecule has 1 aromatic heterocycles. The minimum absolute atomic E-state index is 0.549. The number of aromatic nitrogens is 1. The van der Waals surface area contributed by atoms with E-state index in [1.165, 1.54) is 6.42 Å². The van der Waals surface area contributed by atoms with Crippen LogP contribution in [0.3, 0.4) is 0 Å². The van der Waals surface area contributed by atoms with Gasteiger partial charge in [-0.1, -0.05) is 6.92 Å². The van der Waals surface area contributed by atoms with Gasteiger partial charge in [-0.15, -0.1) is 0 Å². The summed E-state index contributed by atoms with van der Waals surface area (Å²) < 4.78 is 0. The maximum atomic E-state index is 5.73. The molecule has 0 unspecified atom stereocenters. The minimum Gasteiger partial charge on any atom is -0.399 e. The van der Waals surface area contributed by atoms with Crippen LogP contribution >= 0.6 is 0 Å². The van der Waals surface area contributed by atoms with Gasteiger partial charge < -0.3 is 5.73 Å². The number of anilines is 1. The molecule has 0 aromatic carbocycles. The second kappa shape index (κ2) is 5.71. The van der Waals surface area contributed by atoms with Crippen LogP contribution in [0, 0.1) is 0 Å². The van der Waals surface area contributed by atoms with E-state index >= 15 is 0 Å². The van der Waals surface area contributed by atoms with Crippen molar-refractivity contribution in [3.8, 4) is 0 Å². The Morgan fingerprint density at radius 2 is 2.20 bits per heavy atom. The molecular formula is C12H21N3. The molecule has 0 amide bonds. The van der Waals surface area contributed by atoms with Gasteiger partial charge in [0.25, 0.3) is 0 Å². The van der Waals surface area contributed by atoms with Gasteiger partial charge in [0.2, 0.25) is 0 Å². The molecule has 0 saturated heterocycles. The van der Waals surface area contributed by atoms with Crippen molar-refractivity contribution < 1.29 is 0 Å². The Bertz CT molecular complexity index is 297. The lowest BCUT2D eigenvalue weighted by molar-refractivity contribution is 0.211. The van der Waals surface area contributed by atoms with Gasteiger partial charge in [0.1, 0.15) is 0 Å². The zero-order chi connectivity index (χ0) is 11.3. The number of nitrogens with two attached hydrogens (primary N) is 1. The van der Waals surface area contributed by atoms with E-state index in [2.05, 4.69) is 30.7 Å². The lowest BCUT2D eigenvalue weighted by atomic mass is 10.2. The van der Waals surface area contributed by atoms with Crippen molar-refractivity contribution in [1.29, 1.82) is 0 Å². The van der Waals surface area contributed by atoms with Gasteiger partial charge in [-0.25, -0.2) is 0 Å². The molecule has 84 valence electrons. The Morgan fingerprint density at radius 3 is 2.73 bits per heavy atom. The average Bonchev–Trinajstić information content (AvgIpc) is 2.17. The minimum atomic E-state index is 0.549. The Kier molecular flexibility index (Phi) is 4.56. The van der Waals surface area contributed by atoms with E-state index in [0.29, 0.717) is 6.04 Å². The van der Waals surface area contributed by atoms with E-state index in [1.807, 2.05) is 12.1 Å². The Hall–Kier alpha value is -1.09. The molecule has 0 fully saturated rings. The molecular weight excluding hydrogens is 186 g/mol. The van der Waals surface area contributed by atoms with Gasteiger partial charge in [-0.05, 0) is 38.9 Å². The van der Waals surface area contributed by atoms with Gasteiger partial charge in [0, 0.05) is 24.5 Å². The summed E-state index contributed by atoms with van der Waals surface area (Å²) in [6.45, 7) is 8.61. The Balaban J connectivity index is 2.65. The van der Waals surface area contributed by atoms with Crippen molar-refractivity contribution in [2.24, 2.45) is 0 Å². The summed E-state index contributed by atoms with van der Waals surface area (Å²) in [4.78, 5) is 6.73. The smallest absolute Gasteiger partial charge is 0.0564 e. The predicted octanol–water partition coefficient (Wildman–Crippen LogP) is 2.28. The molecule has 0 saturated carbocycles. The van der Waals surface area contributed by atoms with Crippen molar-refractivity contribution in [2.45, 2.75) is 39.8 Å². The molecule has 3 heteroatoms. The van der Waals surface area contributed by atoms with Crippen LogP contribution < -0.4 is 5.73 Å². The van der Waals surface area contributed by atoms with Gasteiger partial charge in [0.05, 0.1) is 5.69 Å². The highest BCUT2D eigenvalue weighted by Gasteiger charge is 2.09. The third-order valence-electron chi connectivity index (χ3n) is 2.45. The van der Waals surface area contributed by atoms with Crippen LogP contribution in [0.4, 0.5) is 5.69 Å². The summed E-state index contributed by atoms with van der Waals surface area (Å²) in [5.41, 5.74) is 7.57. The maximum absolute atomic E-state index is 5.73. The first-order valence-electron chi connectivity index (χ1n) is 5.58. The standard InChI is InChI=1S/C12H21N3/c1-4-7-15(10(2)3)9-12-8-11(13)5-6-14-12/h5-6,8,10H,4,7,9H2,1-3H3,(H2,13,14). The normalized spacial score (nSPS) is 11.3. The molecule has 0 aliphatic carbocycles. The molecule has 15 heavy (non-hydrogen) atoms. The van der Waals surface area contributed by atoms with Crippen molar-refractivity contribution in [3.63, 3.8) is 0 Å². The van der Waals surface area contributed by atoms with Crippen LogP contribution in [-0.4, -0.2) is 22.5 Å². The van der Waals surface area contributed by atoms with Crippen LogP contribution in [0.2, 0.25) is 0 Å². The SMILES string of the molecule is CCCN(Cc1cc(N)ccn1)C(C)C. The highest BCUT2D eigenvalue weighted by Crippen LogP contribution is 2.09. The molecule has 2 N–H and O–H groups in total. The average molecular weight is 207 g/mol. The van der Waals surface area contributed by atoms with Crippen molar-refractivity contribution in [1.82, 2.24) is 9.88 Å².